The number of hydrogen-bond donors (Lipinski definition) is 3. The van der Waals surface area contributed by atoms with E-state index in [4.69, 9.17) is 0 Å². The maximum atomic E-state index is 13.7. The van der Waals surface area contributed by atoms with Crippen LogP contribution in [0.5, 0.6) is 0 Å². The van der Waals surface area contributed by atoms with Gasteiger partial charge in [-0.3, -0.25) is 9.59 Å². The second kappa shape index (κ2) is 8.67. The minimum Gasteiger partial charge on any atom is -0.354 e. The van der Waals surface area contributed by atoms with Crippen LogP contribution < -0.4 is 16.0 Å². The molecule has 3 rings (SSSR count). The molecule has 0 saturated carbocycles. The lowest BCUT2D eigenvalue weighted by molar-refractivity contribution is -0.128. The van der Waals surface area contributed by atoms with Gasteiger partial charge in [-0.2, -0.15) is 0 Å². The second-order valence-electron chi connectivity index (χ2n) is 6.62. The molecule has 2 fully saturated rings. The van der Waals surface area contributed by atoms with E-state index >= 15 is 0 Å². The summed E-state index contributed by atoms with van der Waals surface area (Å²) in [5, 5.41) is 8.65. The molecule has 0 spiro atoms. The molecule has 1 aromatic carbocycles. The number of carbonyl (C=O) groups excluding carboxylic acids is 2. The van der Waals surface area contributed by atoms with Crippen LogP contribution >= 0.6 is 11.8 Å². The van der Waals surface area contributed by atoms with Gasteiger partial charge in [-0.05, 0) is 49.9 Å². The maximum absolute atomic E-state index is 13.7. The Labute approximate surface area is 151 Å². The van der Waals surface area contributed by atoms with Crippen LogP contribution in [-0.2, 0) is 16.0 Å². The standard InChI is InChI=1S/C18H24FN3O2S/c19-14-4-2-1-3-13(14)9-16-18(24)22-15(11-25-16)17(23)21-8-6-12-5-7-20-10-12/h1-4,12,15-16,20H,5-11H2,(H,21,23)(H,22,24). The highest BCUT2D eigenvalue weighted by atomic mass is 32.2. The van der Waals surface area contributed by atoms with E-state index in [9.17, 15) is 14.0 Å². The number of nitrogens with one attached hydrogen (secondary N) is 3. The highest BCUT2D eigenvalue weighted by Crippen LogP contribution is 2.23. The highest BCUT2D eigenvalue weighted by molar-refractivity contribution is 8.00. The number of hydrogen-bond acceptors (Lipinski definition) is 4. The van der Waals surface area contributed by atoms with Crippen molar-refractivity contribution in [3.05, 3.63) is 35.6 Å². The third-order valence-electron chi connectivity index (χ3n) is 4.77. The Morgan fingerprint density at radius 3 is 2.92 bits per heavy atom. The Balaban J connectivity index is 1.43. The highest BCUT2D eigenvalue weighted by Gasteiger charge is 2.32. The van der Waals surface area contributed by atoms with Crippen LogP contribution in [0.3, 0.4) is 0 Å². The molecule has 0 bridgehead atoms. The van der Waals surface area contributed by atoms with Crippen molar-refractivity contribution in [2.75, 3.05) is 25.4 Å². The minimum atomic E-state index is -0.504. The molecule has 2 aliphatic rings. The smallest absolute Gasteiger partial charge is 0.243 e. The molecule has 25 heavy (non-hydrogen) atoms. The van der Waals surface area contributed by atoms with Gasteiger partial charge in [-0.25, -0.2) is 4.39 Å². The number of rotatable bonds is 6. The lowest BCUT2D eigenvalue weighted by Gasteiger charge is -2.28. The topological polar surface area (TPSA) is 70.2 Å². The predicted molar refractivity (Wildman–Crippen MR) is 96.9 cm³/mol. The van der Waals surface area contributed by atoms with Crippen LogP contribution in [-0.4, -0.2) is 48.5 Å². The summed E-state index contributed by atoms with van der Waals surface area (Å²) < 4.78 is 13.7. The van der Waals surface area contributed by atoms with E-state index in [2.05, 4.69) is 16.0 Å². The summed E-state index contributed by atoms with van der Waals surface area (Å²) >= 11 is 1.42. The van der Waals surface area contributed by atoms with Crippen LogP contribution in [0, 0.1) is 11.7 Å². The molecule has 2 saturated heterocycles. The van der Waals surface area contributed by atoms with Crippen molar-refractivity contribution in [2.45, 2.75) is 30.6 Å². The van der Waals surface area contributed by atoms with Crippen molar-refractivity contribution in [2.24, 2.45) is 5.92 Å². The van der Waals surface area contributed by atoms with Gasteiger partial charge in [-0.1, -0.05) is 18.2 Å². The van der Waals surface area contributed by atoms with Crippen LogP contribution in [0.15, 0.2) is 24.3 Å². The molecule has 2 amide bonds. The Morgan fingerprint density at radius 2 is 2.20 bits per heavy atom. The van der Waals surface area contributed by atoms with Crippen LogP contribution in [0.2, 0.25) is 0 Å². The fourth-order valence-electron chi connectivity index (χ4n) is 3.23. The van der Waals surface area contributed by atoms with Crippen molar-refractivity contribution < 1.29 is 14.0 Å². The lowest BCUT2D eigenvalue weighted by atomic mass is 10.1. The molecule has 7 heteroatoms. The van der Waals surface area contributed by atoms with Gasteiger partial charge in [0.25, 0.3) is 0 Å². The molecule has 0 aromatic heterocycles. The molecule has 136 valence electrons. The minimum absolute atomic E-state index is 0.129. The van der Waals surface area contributed by atoms with Crippen molar-refractivity contribution in [3.8, 4) is 0 Å². The van der Waals surface area contributed by atoms with Gasteiger partial charge in [0.1, 0.15) is 11.9 Å². The van der Waals surface area contributed by atoms with E-state index in [1.54, 1.807) is 18.2 Å². The number of halogens is 1. The van der Waals surface area contributed by atoms with Gasteiger partial charge < -0.3 is 16.0 Å². The maximum Gasteiger partial charge on any atom is 0.243 e. The first kappa shape index (κ1) is 18.2. The third kappa shape index (κ3) is 4.95. The Bertz CT molecular complexity index is 622. The molecule has 0 radical (unpaired) electrons. The molecule has 5 nitrogen and oxygen atoms in total. The second-order valence-corrected chi connectivity index (χ2v) is 7.85. The summed E-state index contributed by atoms with van der Waals surface area (Å²) in [5.41, 5.74) is 0.531. The average molecular weight is 365 g/mol. The van der Waals surface area contributed by atoms with E-state index in [1.807, 2.05) is 0 Å². The zero-order valence-electron chi connectivity index (χ0n) is 14.1. The molecule has 3 unspecified atom stereocenters. The van der Waals surface area contributed by atoms with E-state index in [0.29, 0.717) is 30.2 Å². The molecule has 3 N–H and O–H groups in total. The first-order valence-corrected chi connectivity index (χ1v) is 9.82. The Hall–Kier alpha value is -1.60. The van der Waals surface area contributed by atoms with Gasteiger partial charge in [-0.15, -0.1) is 11.8 Å². The molecule has 1 aromatic rings. The molecule has 0 aliphatic carbocycles. The molecule has 2 heterocycles. The van der Waals surface area contributed by atoms with Gasteiger partial charge >= 0.3 is 0 Å². The summed E-state index contributed by atoms with van der Waals surface area (Å²) in [5.74, 6) is 0.524. The first-order valence-electron chi connectivity index (χ1n) is 8.77. The van der Waals surface area contributed by atoms with E-state index in [0.717, 1.165) is 25.9 Å². The number of amides is 2. The van der Waals surface area contributed by atoms with Crippen LogP contribution in [0.1, 0.15) is 18.4 Å². The number of thioether (sulfide) groups is 1. The predicted octanol–water partition coefficient (Wildman–Crippen LogP) is 1.08. The average Bonchev–Trinajstić information content (AvgIpc) is 3.12. The van der Waals surface area contributed by atoms with E-state index in [1.165, 1.54) is 17.8 Å². The summed E-state index contributed by atoms with van der Waals surface area (Å²) in [7, 11) is 0. The summed E-state index contributed by atoms with van der Waals surface area (Å²) in [4.78, 5) is 24.5. The number of benzene rings is 1. The third-order valence-corrected chi connectivity index (χ3v) is 6.08. The normalized spacial score (nSPS) is 26.3. The largest absolute Gasteiger partial charge is 0.354 e. The van der Waals surface area contributed by atoms with Gasteiger partial charge in [0.2, 0.25) is 11.8 Å². The van der Waals surface area contributed by atoms with Crippen molar-refractivity contribution >= 4 is 23.6 Å². The zero-order chi connectivity index (χ0) is 17.6. The van der Waals surface area contributed by atoms with E-state index < -0.39 is 6.04 Å². The fourth-order valence-corrected chi connectivity index (χ4v) is 4.41. The summed E-state index contributed by atoms with van der Waals surface area (Å²) in [6, 6.07) is 5.99. The van der Waals surface area contributed by atoms with Crippen LogP contribution in [0.25, 0.3) is 0 Å². The molecule has 3 atom stereocenters. The van der Waals surface area contributed by atoms with Crippen LogP contribution in [0.4, 0.5) is 4.39 Å². The van der Waals surface area contributed by atoms with Crippen molar-refractivity contribution in [1.29, 1.82) is 0 Å². The lowest BCUT2D eigenvalue weighted by Crippen LogP contribution is -2.54. The first-order chi connectivity index (χ1) is 12.1. The van der Waals surface area contributed by atoms with E-state index in [-0.39, 0.29) is 22.9 Å². The zero-order valence-corrected chi connectivity index (χ0v) is 14.9. The summed E-state index contributed by atoms with van der Waals surface area (Å²) in [6.45, 7) is 2.71. The molecular weight excluding hydrogens is 341 g/mol. The molecular formula is C18H24FN3O2S. The SMILES string of the molecule is O=C(NCCC1CCNC1)C1CSC(Cc2ccccc2F)C(=O)N1. The van der Waals surface area contributed by atoms with Gasteiger partial charge in [0.05, 0.1) is 5.25 Å². The monoisotopic (exact) mass is 365 g/mol. The van der Waals surface area contributed by atoms with Gasteiger partial charge in [0.15, 0.2) is 0 Å². The van der Waals surface area contributed by atoms with Crippen molar-refractivity contribution in [3.63, 3.8) is 0 Å². The number of carbonyl (C=O) groups is 2. The van der Waals surface area contributed by atoms with Crippen molar-refractivity contribution in [1.82, 2.24) is 16.0 Å². The quantitative estimate of drug-likeness (QED) is 0.706. The Morgan fingerprint density at radius 1 is 1.36 bits per heavy atom. The Kier molecular flexibility index (Phi) is 6.31. The summed E-state index contributed by atoms with van der Waals surface area (Å²) in [6.07, 6.45) is 2.46. The fraction of sp³-hybridized carbons (Fsp3) is 0.556. The molecule has 2 aliphatic heterocycles. The van der Waals surface area contributed by atoms with Gasteiger partial charge in [0, 0.05) is 12.3 Å².